The number of benzene rings is 2. The van der Waals surface area contributed by atoms with Crippen molar-refractivity contribution >= 4 is 11.6 Å². The van der Waals surface area contributed by atoms with Crippen molar-refractivity contribution < 1.29 is 22.5 Å². The molecule has 1 aromatic heterocycles. The number of nitrogens with one attached hydrogen (secondary N) is 1. The van der Waals surface area contributed by atoms with Crippen molar-refractivity contribution in [3.8, 4) is 11.3 Å². The minimum Gasteiger partial charge on any atom is -0.356 e. The molecule has 0 saturated heterocycles. The van der Waals surface area contributed by atoms with Crippen LogP contribution in [-0.4, -0.2) is 11.1 Å². The molecule has 0 aliphatic rings. The van der Waals surface area contributed by atoms with Crippen LogP contribution in [0, 0.1) is 6.92 Å². The molecule has 0 aliphatic carbocycles. The highest BCUT2D eigenvalue weighted by Crippen LogP contribution is 2.30. The minimum atomic E-state index is -4.46. The Morgan fingerprint density at radius 1 is 1.12 bits per heavy atom. The highest BCUT2D eigenvalue weighted by Gasteiger charge is 2.30. The summed E-state index contributed by atoms with van der Waals surface area (Å²) in [5.74, 6) is 0.0416. The van der Waals surface area contributed by atoms with Gasteiger partial charge in [-0.2, -0.15) is 13.2 Å². The van der Waals surface area contributed by atoms with Gasteiger partial charge in [-0.15, -0.1) is 0 Å². The van der Waals surface area contributed by atoms with Crippen LogP contribution in [-0.2, 0) is 17.4 Å². The Morgan fingerprint density at radius 3 is 2.54 bits per heavy atom. The van der Waals surface area contributed by atoms with E-state index in [4.69, 9.17) is 4.52 Å². The molecule has 7 heteroatoms. The Labute approximate surface area is 147 Å². The highest BCUT2D eigenvalue weighted by molar-refractivity contribution is 5.92. The molecule has 0 spiro atoms. The molecule has 2 aromatic carbocycles. The topological polar surface area (TPSA) is 55.1 Å². The van der Waals surface area contributed by atoms with Crippen LogP contribution in [0.1, 0.15) is 16.8 Å². The second-order valence-electron chi connectivity index (χ2n) is 5.85. The maximum atomic E-state index is 12.7. The number of amides is 1. The van der Waals surface area contributed by atoms with Gasteiger partial charge in [0.2, 0.25) is 5.91 Å². The molecule has 0 saturated carbocycles. The van der Waals surface area contributed by atoms with E-state index in [1.165, 1.54) is 12.1 Å². The Balaban J connectivity index is 1.67. The number of aryl methyl sites for hydroxylation is 1. The zero-order valence-electron chi connectivity index (χ0n) is 13.8. The van der Waals surface area contributed by atoms with Gasteiger partial charge in [0.1, 0.15) is 0 Å². The van der Waals surface area contributed by atoms with E-state index in [1.807, 2.05) is 31.2 Å². The third-order valence-electron chi connectivity index (χ3n) is 3.71. The van der Waals surface area contributed by atoms with E-state index in [1.54, 1.807) is 6.07 Å². The number of alkyl halides is 3. The molecule has 0 unspecified atom stereocenters. The summed E-state index contributed by atoms with van der Waals surface area (Å²) < 4.78 is 43.3. The van der Waals surface area contributed by atoms with Crippen molar-refractivity contribution in [2.75, 3.05) is 5.32 Å². The first kappa shape index (κ1) is 17.7. The molecule has 0 bridgehead atoms. The first-order valence-corrected chi connectivity index (χ1v) is 7.81. The van der Waals surface area contributed by atoms with Crippen LogP contribution in [0.4, 0.5) is 18.9 Å². The SMILES string of the molecule is Cc1ccc(-c2cc(CC(=O)Nc3cccc(C(F)(F)F)c3)no2)cc1. The molecule has 134 valence electrons. The fraction of sp³-hybridized carbons (Fsp3) is 0.158. The molecule has 26 heavy (non-hydrogen) atoms. The van der Waals surface area contributed by atoms with Gasteiger partial charge in [0.05, 0.1) is 17.7 Å². The van der Waals surface area contributed by atoms with Crippen molar-refractivity contribution in [3.05, 3.63) is 71.4 Å². The van der Waals surface area contributed by atoms with E-state index in [0.717, 1.165) is 23.3 Å². The molecule has 0 atom stereocenters. The van der Waals surface area contributed by atoms with Crippen LogP contribution >= 0.6 is 0 Å². The first-order valence-electron chi connectivity index (χ1n) is 7.81. The van der Waals surface area contributed by atoms with Gasteiger partial charge in [0.15, 0.2) is 5.76 Å². The fourth-order valence-corrected chi connectivity index (χ4v) is 2.39. The molecule has 3 rings (SSSR count). The molecule has 0 aliphatic heterocycles. The Hall–Kier alpha value is -3.09. The molecular weight excluding hydrogens is 345 g/mol. The van der Waals surface area contributed by atoms with Crippen LogP contribution in [0.25, 0.3) is 11.3 Å². The van der Waals surface area contributed by atoms with Crippen LogP contribution < -0.4 is 5.32 Å². The van der Waals surface area contributed by atoms with E-state index in [2.05, 4.69) is 10.5 Å². The van der Waals surface area contributed by atoms with Gasteiger partial charge in [-0.1, -0.05) is 41.1 Å². The molecule has 1 N–H and O–H groups in total. The van der Waals surface area contributed by atoms with Gasteiger partial charge in [-0.05, 0) is 25.1 Å². The Kier molecular flexibility index (Phi) is 4.79. The number of carbonyl (C=O) groups excluding carboxylic acids is 1. The summed E-state index contributed by atoms with van der Waals surface area (Å²) in [5.41, 5.74) is 1.58. The molecule has 3 aromatic rings. The van der Waals surface area contributed by atoms with Gasteiger partial charge in [-0.3, -0.25) is 4.79 Å². The van der Waals surface area contributed by atoms with Crippen LogP contribution in [0.5, 0.6) is 0 Å². The lowest BCUT2D eigenvalue weighted by molar-refractivity contribution is -0.137. The zero-order chi connectivity index (χ0) is 18.7. The molecule has 0 fully saturated rings. The maximum absolute atomic E-state index is 12.7. The fourth-order valence-electron chi connectivity index (χ4n) is 2.39. The number of rotatable bonds is 4. The van der Waals surface area contributed by atoms with Gasteiger partial charge < -0.3 is 9.84 Å². The van der Waals surface area contributed by atoms with E-state index in [-0.39, 0.29) is 12.1 Å². The number of halogens is 3. The lowest BCUT2D eigenvalue weighted by atomic mass is 10.1. The normalized spacial score (nSPS) is 11.4. The highest BCUT2D eigenvalue weighted by atomic mass is 19.4. The predicted octanol–water partition coefficient (Wildman–Crippen LogP) is 4.85. The average molecular weight is 360 g/mol. The lowest BCUT2D eigenvalue weighted by Crippen LogP contribution is -2.15. The molecule has 1 amide bonds. The van der Waals surface area contributed by atoms with E-state index in [0.29, 0.717) is 11.5 Å². The predicted molar refractivity (Wildman–Crippen MR) is 90.5 cm³/mol. The maximum Gasteiger partial charge on any atom is 0.416 e. The summed E-state index contributed by atoms with van der Waals surface area (Å²) in [7, 11) is 0. The summed E-state index contributed by atoms with van der Waals surface area (Å²) in [6.07, 6.45) is -4.57. The smallest absolute Gasteiger partial charge is 0.356 e. The molecule has 1 heterocycles. The Bertz CT molecular complexity index is 915. The summed E-state index contributed by atoms with van der Waals surface area (Å²) in [6, 6.07) is 13.7. The molecule has 4 nitrogen and oxygen atoms in total. The van der Waals surface area contributed by atoms with E-state index < -0.39 is 17.6 Å². The summed E-state index contributed by atoms with van der Waals surface area (Å²) in [6.45, 7) is 1.97. The zero-order valence-corrected chi connectivity index (χ0v) is 13.8. The summed E-state index contributed by atoms with van der Waals surface area (Å²) in [5, 5.41) is 6.28. The largest absolute Gasteiger partial charge is 0.416 e. The van der Waals surface area contributed by atoms with Crippen molar-refractivity contribution in [1.82, 2.24) is 5.16 Å². The Morgan fingerprint density at radius 2 is 1.85 bits per heavy atom. The van der Waals surface area contributed by atoms with Crippen LogP contribution in [0.3, 0.4) is 0 Å². The second-order valence-corrected chi connectivity index (χ2v) is 5.85. The van der Waals surface area contributed by atoms with Crippen LogP contribution in [0.15, 0.2) is 59.1 Å². The van der Waals surface area contributed by atoms with Gasteiger partial charge >= 0.3 is 6.18 Å². The quantitative estimate of drug-likeness (QED) is 0.724. The second kappa shape index (κ2) is 7.03. The molecular formula is C19H15F3N2O2. The average Bonchev–Trinajstić information content (AvgIpc) is 3.03. The number of anilines is 1. The first-order chi connectivity index (χ1) is 12.3. The summed E-state index contributed by atoms with van der Waals surface area (Å²) >= 11 is 0. The minimum absolute atomic E-state index is 0.0760. The number of hydrogen-bond donors (Lipinski definition) is 1. The van der Waals surface area contributed by atoms with E-state index in [9.17, 15) is 18.0 Å². The lowest BCUT2D eigenvalue weighted by Gasteiger charge is -2.09. The monoisotopic (exact) mass is 360 g/mol. The number of nitrogens with zero attached hydrogens (tertiary/aromatic N) is 1. The van der Waals surface area contributed by atoms with Crippen LogP contribution in [0.2, 0.25) is 0 Å². The molecule has 0 radical (unpaired) electrons. The summed E-state index contributed by atoms with van der Waals surface area (Å²) in [4.78, 5) is 12.1. The number of carbonyl (C=O) groups is 1. The number of hydrogen-bond acceptors (Lipinski definition) is 3. The van der Waals surface area contributed by atoms with E-state index >= 15 is 0 Å². The third-order valence-corrected chi connectivity index (χ3v) is 3.71. The van der Waals surface area contributed by atoms with Crippen molar-refractivity contribution in [3.63, 3.8) is 0 Å². The number of aromatic nitrogens is 1. The van der Waals surface area contributed by atoms with Gasteiger partial charge in [0, 0.05) is 17.3 Å². The standard InChI is InChI=1S/C19H15F3N2O2/c1-12-5-7-13(8-6-12)17-10-16(24-26-17)11-18(25)23-15-4-2-3-14(9-15)19(20,21)22/h2-10H,11H2,1H3,(H,23,25). The van der Waals surface area contributed by atoms with Gasteiger partial charge in [-0.25, -0.2) is 0 Å². The van der Waals surface area contributed by atoms with Gasteiger partial charge in [0.25, 0.3) is 0 Å². The van der Waals surface area contributed by atoms with Crippen molar-refractivity contribution in [2.24, 2.45) is 0 Å². The van der Waals surface area contributed by atoms with Crippen molar-refractivity contribution in [2.45, 2.75) is 19.5 Å². The van der Waals surface area contributed by atoms with Crippen molar-refractivity contribution in [1.29, 1.82) is 0 Å². The third kappa shape index (κ3) is 4.30.